The predicted octanol–water partition coefficient (Wildman–Crippen LogP) is 5.56. The SMILES string of the molecule is COc1ccc(CCNC(=O)[C@H]2CCC3C4CCC5=CC(=O)/C(=C\O)C[C@]5(C)C4CC[C@@]32C)cc1OC. The Hall–Kier alpha value is -2.76. The van der Waals surface area contributed by atoms with Crippen molar-refractivity contribution in [2.24, 2.45) is 34.5 Å². The smallest absolute Gasteiger partial charge is 0.223 e. The van der Waals surface area contributed by atoms with E-state index in [2.05, 4.69) is 19.2 Å². The van der Waals surface area contributed by atoms with Crippen LogP contribution in [0.2, 0.25) is 0 Å². The number of ether oxygens (including phenoxy) is 2. The van der Waals surface area contributed by atoms with Crippen LogP contribution in [0, 0.1) is 34.5 Å². The lowest BCUT2D eigenvalue weighted by molar-refractivity contribution is -0.132. The van der Waals surface area contributed by atoms with Gasteiger partial charge in [-0.3, -0.25) is 9.59 Å². The lowest BCUT2D eigenvalue weighted by Gasteiger charge is -2.58. The molecule has 1 amide bonds. The summed E-state index contributed by atoms with van der Waals surface area (Å²) in [6, 6.07) is 5.90. The molecule has 37 heavy (non-hydrogen) atoms. The molecule has 4 aliphatic rings. The Bertz CT molecular complexity index is 1140. The van der Waals surface area contributed by atoms with E-state index in [1.54, 1.807) is 20.3 Å². The third kappa shape index (κ3) is 4.26. The van der Waals surface area contributed by atoms with Crippen molar-refractivity contribution in [1.29, 1.82) is 0 Å². The van der Waals surface area contributed by atoms with Crippen LogP contribution >= 0.6 is 0 Å². The minimum atomic E-state index is -0.0630. The zero-order chi connectivity index (χ0) is 26.4. The fraction of sp³-hybridized carbons (Fsp3) is 0.613. The van der Waals surface area contributed by atoms with Crippen molar-refractivity contribution >= 4 is 11.7 Å². The Labute approximate surface area is 220 Å². The Morgan fingerprint density at radius 1 is 1.11 bits per heavy atom. The van der Waals surface area contributed by atoms with Crippen LogP contribution in [0.15, 0.2) is 41.7 Å². The molecule has 6 heteroatoms. The number of rotatable bonds is 6. The molecule has 0 saturated heterocycles. The first-order chi connectivity index (χ1) is 17.7. The molecule has 3 saturated carbocycles. The summed E-state index contributed by atoms with van der Waals surface area (Å²) in [6.07, 6.45) is 10.4. The lowest BCUT2D eigenvalue weighted by atomic mass is 9.46. The van der Waals surface area contributed by atoms with Crippen molar-refractivity contribution in [2.75, 3.05) is 20.8 Å². The maximum Gasteiger partial charge on any atom is 0.223 e. The van der Waals surface area contributed by atoms with Crippen LogP contribution in [-0.4, -0.2) is 37.6 Å². The van der Waals surface area contributed by atoms with Crippen molar-refractivity contribution in [3.05, 3.63) is 47.2 Å². The molecule has 5 rings (SSSR count). The third-order valence-electron chi connectivity index (χ3n) is 10.5. The molecule has 0 bridgehead atoms. The van der Waals surface area contributed by atoms with E-state index in [-0.39, 0.29) is 28.4 Å². The molecule has 0 spiro atoms. The summed E-state index contributed by atoms with van der Waals surface area (Å²) in [7, 11) is 3.26. The second-order valence-electron chi connectivity index (χ2n) is 12.1. The van der Waals surface area contributed by atoms with Gasteiger partial charge < -0.3 is 19.9 Å². The second kappa shape index (κ2) is 9.85. The van der Waals surface area contributed by atoms with Gasteiger partial charge in [0.15, 0.2) is 17.3 Å². The quantitative estimate of drug-likeness (QED) is 0.389. The number of hydrogen-bond acceptors (Lipinski definition) is 5. The topological polar surface area (TPSA) is 84.9 Å². The van der Waals surface area contributed by atoms with Crippen LogP contribution in [0.3, 0.4) is 0 Å². The Morgan fingerprint density at radius 3 is 2.62 bits per heavy atom. The van der Waals surface area contributed by atoms with Gasteiger partial charge in [-0.05, 0) is 104 Å². The van der Waals surface area contributed by atoms with Crippen molar-refractivity contribution in [3.8, 4) is 11.5 Å². The summed E-state index contributed by atoms with van der Waals surface area (Å²) in [4.78, 5) is 25.9. The van der Waals surface area contributed by atoms with Gasteiger partial charge in [0, 0.05) is 18.0 Å². The first-order valence-electron chi connectivity index (χ1n) is 13.8. The molecule has 1 aromatic carbocycles. The molecule has 2 N–H and O–H groups in total. The van der Waals surface area contributed by atoms with Gasteiger partial charge in [-0.1, -0.05) is 25.5 Å². The number of amides is 1. The molecule has 0 radical (unpaired) electrons. The molecule has 6 nitrogen and oxygen atoms in total. The Morgan fingerprint density at radius 2 is 1.89 bits per heavy atom. The summed E-state index contributed by atoms with van der Waals surface area (Å²) in [5, 5.41) is 12.9. The van der Waals surface area contributed by atoms with Gasteiger partial charge in [-0.2, -0.15) is 0 Å². The van der Waals surface area contributed by atoms with Crippen molar-refractivity contribution in [3.63, 3.8) is 0 Å². The summed E-state index contributed by atoms with van der Waals surface area (Å²) >= 11 is 0. The van der Waals surface area contributed by atoms with Crippen LogP contribution in [0.5, 0.6) is 11.5 Å². The van der Waals surface area contributed by atoms with E-state index in [0.29, 0.717) is 47.8 Å². The van der Waals surface area contributed by atoms with Gasteiger partial charge in [-0.15, -0.1) is 0 Å². The number of carbonyl (C=O) groups is 2. The Kier molecular flexibility index (Phi) is 6.88. The second-order valence-corrected chi connectivity index (χ2v) is 12.1. The van der Waals surface area contributed by atoms with Crippen molar-refractivity contribution in [1.82, 2.24) is 5.32 Å². The first-order valence-corrected chi connectivity index (χ1v) is 13.8. The van der Waals surface area contributed by atoms with Crippen LogP contribution in [0.25, 0.3) is 0 Å². The van der Waals surface area contributed by atoms with Gasteiger partial charge in [0.2, 0.25) is 5.91 Å². The number of ketones is 1. The maximum absolute atomic E-state index is 13.5. The van der Waals surface area contributed by atoms with Gasteiger partial charge >= 0.3 is 0 Å². The number of carbonyl (C=O) groups excluding carboxylic acids is 2. The standard InChI is InChI=1S/C31H41NO5/c1-30-13-11-24-22(7-6-21-16-26(34)20(18-33)17-31(21,24)2)23(30)8-9-25(30)29(35)32-14-12-19-5-10-27(36-3)28(15-19)37-4/h5,10,15-16,18,22-25,33H,6-9,11-14,17H2,1-4H3,(H,32,35)/b20-18-/t22?,23?,24?,25-,30+,31+/m1/s1. The molecule has 0 aliphatic heterocycles. The van der Waals surface area contributed by atoms with E-state index in [9.17, 15) is 14.7 Å². The van der Waals surface area contributed by atoms with Crippen LogP contribution in [-0.2, 0) is 16.0 Å². The number of fused-ring (bicyclic) bond motifs is 5. The van der Waals surface area contributed by atoms with Gasteiger partial charge in [-0.25, -0.2) is 0 Å². The number of aliphatic hydroxyl groups excluding tert-OH is 1. The maximum atomic E-state index is 13.5. The fourth-order valence-corrected chi connectivity index (χ4v) is 8.57. The Balaban J connectivity index is 1.25. The zero-order valence-electron chi connectivity index (χ0n) is 22.6. The summed E-state index contributed by atoms with van der Waals surface area (Å²) in [5.74, 6) is 3.23. The molecule has 0 aromatic heterocycles. The molecule has 6 atom stereocenters. The monoisotopic (exact) mass is 507 g/mol. The number of allylic oxidation sites excluding steroid dienone is 2. The number of aliphatic hydroxyl groups is 1. The molecule has 0 heterocycles. The molecular formula is C31H41NO5. The van der Waals surface area contributed by atoms with Crippen LogP contribution in [0.1, 0.15) is 64.4 Å². The lowest BCUT2D eigenvalue weighted by Crippen LogP contribution is -2.52. The first kappa shape index (κ1) is 25.9. The summed E-state index contributed by atoms with van der Waals surface area (Å²) in [6.45, 7) is 5.27. The minimum Gasteiger partial charge on any atom is -0.515 e. The van der Waals surface area contributed by atoms with Gasteiger partial charge in [0.05, 0.1) is 20.5 Å². The minimum absolute atomic E-state index is 0.0201. The highest BCUT2D eigenvalue weighted by atomic mass is 16.5. The van der Waals surface area contributed by atoms with E-state index < -0.39 is 0 Å². The third-order valence-corrected chi connectivity index (χ3v) is 10.5. The summed E-state index contributed by atoms with van der Waals surface area (Å²) in [5.41, 5.74) is 2.88. The molecule has 3 fully saturated rings. The van der Waals surface area contributed by atoms with Crippen molar-refractivity contribution < 1.29 is 24.2 Å². The fourth-order valence-electron chi connectivity index (χ4n) is 8.57. The molecule has 4 aliphatic carbocycles. The normalized spacial score (nSPS) is 35.7. The highest BCUT2D eigenvalue weighted by molar-refractivity contribution is 6.05. The van der Waals surface area contributed by atoms with E-state index in [4.69, 9.17) is 9.47 Å². The largest absolute Gasteiger partial charge is 0.515 e. The average Bonchev–Trinajstić information content (AvgIpc) is 3.25. The number of methoxy groups -OCH3 is 2. The van der Waals surface area contributed by atoms with E-state index in [1.165, 1.54) is 5.57 Å². The molecule has 200 valence electrons. The molecule has 3 unspecified atom stereocenters. The molecular weight excluding hydrogens is 466 g/mol. The van der Waals surface area contributed by atoms with Crippen LogP contribution < -0.4 is 14.8 Å². The van der Waals surface area contributed by atoms with E-state index >= 15 is 0 Å². The highest BCUT2D eigenvalue weighted by Crippen LogP contribution is 2.66. The van der Waals surface area contributed by atoms with E-state index in [0.717, 1.165) is 56.8 Å². The highest BCUT2D eigenvalue weighted by Gasteiger charge is 2.60. The average molecular weight is 508 g/mol. The van der Waals surface area contributed by atoms with Crippen LogP contribution in [0.4, 0.5) is 0 Å². The predicted molar refractivity (Wildman–Crippen MR) is 143 cm³/mol. The van der Waals surface area contributed by atoms with Gasteiger partial charge in [0.25, 0.3) is 0 Å². The zero-order valence-corrected chi connectivity index (χ0v) is 22.6. The van der Waals surface area contributed by atoms with Gasteiger partial charge in [0.1, 0.15) is 0 Å². The molecule has 1 aromatic rings. The number of nitrogens with one attached hydrogen (secondary N) is 1. The summed E-state index contributed by atoms with van der Waals surface area (Å²) < 4.78 is 10.7. The number of benzene rings is 1. The van der Waals surface area contributed by atoms with Crippen molar-refractivity contribution in [2.45, 2.75) is 65.2 Å². The number of hydrogen-bond donors (Lipinski definition) is 2. The van der Waals surface area contributed by atoms with E-state index in [1.807, 2.05) is 18.2 Å².